The first-order chi connectivity index (χ1) is 14.2. The molecule has 0 spiro atoms. The zero-order valence-corrected chi connectivity index (χ0v) is 18.2. The minimum Gasteiger partial charge on any atom is -0.455 e. The second kappa shape index (κ2) is 7.87. The fourth-order valence-electron chi connectivity index (χ4n) is 4.31. The summed E-state index contributed by atoms with van der Waals surface area (Å²) in [6.07, 6.45) is 2.95. The van der Waals surface area contributed by atoms with Crippen LogP contribution in [-0.4, -0.2) is 54.8 Å². The van der Waals surface area contributed by atoms with E-state index in [-0.39, 0.29) is 22.9 Å². The molecule has 1 amide bonds. The van der Waals surface area contributed by atoms with Crippen molar-refractivity contribution in [1.82, 2.24) is 15.2 Å². The summed E-state index contributed by atoms with van der Waals surface area (Å²) in [4.78, 5) is 34.4. The molecule has 2 aromatic rings. The molecule has 7 nitrogen and oxygen atoms in total. The number of pyridine rings is 1. The van der Waals surface area contributed by atoms with Crippen LogP contribution in [0.5, 0.6) is 0 Å². The summed E-state index contributed by atoms with van der Waals surface area (Å²) in [5, 5.41) is 2.90. The Hall–Kier alpha value is -2.67. The van der Waals surface area contributed by atoms with Gasteiger partial charge >= 0.3 is 0 Å². The first kappa shape index (κ1) is 20.6. The second-order valence-electron chi connectivity index (χ2n) is 9.29. The molecule has 1 aliphatic heterocycles. The van der Waals surface area contributed by atoms with E-state index in [2.05, 4.69) is 27.1 Å². The maximum Gasteiger partial charge on any atom is 0.287 e. The topological polar surface area (TPSA) is 78.7 Å². The number of aromatic nitrogens is 1. The van der Waals surface area contributed by atoms with Crippen LogP contribution in [0, 0.1) is 12.3 Å². The highest BCUT2D eigenvalue weighted by molar-refractivity contribution is 6.03. The number of fused-ring (bicyclic) bond motifs is 1. The number of Topliss-reactive ketones (excluding diaryl/α,β-unsaturated/α-hetero) is 1. The molecule has 7 heteroatoms. The van der Waals surface area contributed by atoms with Gasteiger partial charge < -0.3 is 19.5 Å². The molecule has 0 atom stereocenters. The molecule has 1 fully saturated rings. The largest absolute Gasteiger partial charge is 0.455 e. The molecular formula is C23H30N4O3. The van der Waals surface area contributed by atoms with E-state index in [0.29, 0.717) is 36.3 Å². The average molecular weight is 411 g/mol. The van der Waals surface area contributed by atoms with E-state index >= 15 is 0 Å². The van der Waals surface area contributed by atoms with E-state index in [9.17, 15) is 9.59 Å². The number of furan rings is 1. The summed E-state index contributed by atoms with van der Waals surface area (Å²) in [6, 6.07) is 4.00. The van der Waals surface area contributed by atoms with E-state index in [0.717, 1.165) is 37.6 Å². The van der Waals surface area contributed by atoms with Crippen molar-refractivity contribution < 1.29 is 14.0 Å². The average Bonchev–Trinajstić information content (AvgIpc) is 3.02. The normalized spacial score (nSPS) is 18.9. The van der Waals surface area contributed by atoms with Crippen LogP contribution in [0.15, 0.2) is 22.7 Å². The molecule has 3 heterocycles. The number of carbonyl (C=O) groups excluding carboxylic acids is 2. The van der Waals surface area contributed by atoms with Gasteiger partial charge in [0.2, 0.25) is 0 Å². The highest BCUT2D eigenvalue weighted by Gasteiger charge is 2.37. The van der Waals surface area contributed by atoms with Gasteiger partial charge in [-0.25, -0.2) is 4.98 Å². The Morgan fingerprint density at radius 3 is 2.60 bits per heavy atom. The van der Waals surface area contributed by atoms with Gasteiger partial charge in [-0.2, -0.15) is 0 Å². The predicted octanol–water partition coefficient (Wildman–Crippen LogP) is 2.82. The number of nitrogens with one attached hydrogen (secondary N) is 1. The van der Waals surface area contributed by atoms with Gasteiger partial charge in [-0.3, -0.25) is 9.59 Å². The molecule has 4 rings (SSSR count). The van der Waals surface area contributed by atoms with Crippen LogP contribution in [0.1, 0.15) is 58.1 Å². The van der Waals surface area contributed by atoms with Crippen molar-refractivity contribution in [2.75, 3.05) is 38.1 Å². The van der Waals surface area contributed by atoms with Gasteiger partial charge in [0.15, 0.2) is 11.5 Å². The van der Waals surface area contributed by atoms with Gasteiger partial charge in [-0.1, -0.05) is 19.9 Å². The number of hydrogen-bond donors (Lipinski definition) is 1. The Morgan fingerprint density at radius 2 is 1.93 bits per heavy atom. The van der Waals surface area contributed by atoms with E-state index in [1.807, 2.05) is 26.0 Å². The zero-order chi connectivity index (χ0) is 21.5. The molecule has 2 aliphatic rings. The van der Waals surface area contributed by atoms with Crippen LogP contribution in [-0.2, 0) is 13.0 Å². The van der Waals surface area contributed by atoms with Crippen molar-refractivity contribution in [1.29, 1.82) is 0 Å². The van der Waals surface area contributed by atoms with Gasteiger partial charge in [0, 0.05) is 57.3 Å². The summed E-state index contributed by atoms with van der Waals surface area (Å²) in [5.74, 6) is 1.61. The number of rotatable bonds is 4. The lowest BCUT2D eigenvalue weighted by Gasteiger charge is -2.33. The maximum atomic E-state index is 12.7. The third-order valence-electron chi connectivity index (χ3n) is 6.07. The summed E-state index contributed by atoms with van der Waals surface area (Å²) < 4.78 is 5.84. The van der Waals surface area contributed by atoms with Crippen molar-refractivity contribution >= 4 is 17.5 Å². The molecule has 1 aliphatic carbocycles. The fourth-order valence-corrected chi connectivity index (χ4v) is 4.31. The quantitative estimate of drug-likeness (QED) is 0.835. The SMILES string of the molecule is Cc1c(C(=O)NCc2ccc(N3CCN(C)CC3)nc2)oc2c1C(=O)CC(C)(C)C2. The third-order valence-corrected chi connectivity index (χ3v) is 6.07. The van der Waals surface area contributed by atoms with Crippen LogP contribution < -0.4 is 10.2 Å². The van der Waals surface area contributed by atoms with Crippen LogP contribution in [0.25, 0.3) is 0 Å². The van der Waals surface area contributed by atoms with Crippen LogP contribution in [0.4, 0.5) is 5.82 Å². The van der Waals surface area contributed by atoms with Gasteiger partial charge in [0.1, 0.15) is 11.6 Å². The number of hydrogen-bond acceptors (Lipinski definition) is 6. The number of ketones is 1. The molecule has 0 saturated carbocycles. The smallest absolute Gasteiger partial charge is 0.287 e. The van der Waals surface area contributed by atoms with Crippen LogP contribution in [0.2, 0.25) is 0 Å². The summed E-state index contributed by atoms with van der Waals surface area (Å²) in [5.41, 5.74) is 2.02. The molecule has 2 aromatic heterocycles. The van der Waals surface area contributed by atoms with Crippen molar-refractivity contribution in [3.8, 4) is 0 Å². The molecule has 30 heavy (non-hydrogen) atoms. The number of likely N-dealkylation sites (N-methyl/N-ethyl adjacent to an activating group) is 1. The molecular weight excluding hydrogens is 380 g/mol. The monoisotopic (exact) mass is 410 g/mol. The number of nitrogens with zero attached hydrogens (tertiary/aromatic N) is 3. The van der Waals surface area contributed by atoms with Crippen molar-refractivity contribution in [3.05, 3.63) is 46.5 Å². The van der Waals surface area contributed by atoms with E-state index < -0.39 is 0 Å². The number of carbonyl (C=O) groups is 2. The number of anilines is 1. The summed E-state index contributed by atoms with van der Waals surface area (Å²) >= 11 is 0. The molecule has 0 unspecified atom stereocenters. The lowest BCUT2D eigenvalue weighted by Crippen LogP contribution is -2.44. The third kappa shape index (κ3) is 4.12. The van der Waals surface area contributed by atoms with E-state index in [4.69, 9.17) is 4.42 Å². The number of amides is 1. The second-order valence-corrected chi connectivity index (χ2v) is 9.29. The summed E-state index contributed by atoms with van der Waals surface area (Å²) in [7, 11) is 2.13. The van der Waals surface area contributed by atoms with E-state index in [1.54, 1.807) is 13.1 Å². The minimum atomic E-state index is -0.296. The lowest BCUT2D eigenvalue weighted by molar-refractivity contribution is 0.0888. The molecule has 1 N–H and O–H groups in total. The standard InChI is InChI=1S/C23H30N4O3/c1-15-20-17(28)11-23(2,3)12-18(20)30-21(15)22(29)25-14-16-5-6-19(24-13-16)27-9-7-26(4)8-10-27/h5-6,13H,7-12,14H2,1-4H3,(H,25,29). The molecule has 1 saturated heterocycles. The highest BCUT2D eigenvalue weighted by atomic mass is 16.4. The Morgan fingerprint density at radius 1 is 1.20 bits per heavy atom. The molecule has 0 radical (unpaired) electrons. The zero-order valence-electron chi connectivity index (χ0n) is 18.2. The van der Waals surface area contributed by atoms with Gasteiger partial charge in [-0.15, -0.1) is 0 Å². The van der Waals surface area contributed by atoms with E-state index in [1.165, 1.54) is 0 Å². The van der Waals surface area contributed by atoms with Crippen molar-refractivity contribution in [2.24, 2.45) is 5.41 Å². The first-order valence-corrected chi connectivity index (χ1v) is 10.6. The van der Waals surface area contributed by atoms with Gasteiger partial charge in [0.25, 0.3) is 5.91 Å². The molecule has 0 aromatic carbocycles. The Bertz CT molecular complexity index is 954. The highest BCUT2D eigenvalue weighted by Crippen LogP contribution is 2.38. The van der Waals surface area contributed by atoms with Gasteiger partial charge in [0.05, 0.1) is 5.56 Å². The molecule has 160 valence electrons. The Labute approximate surface area is 177 Å². The maximum absolute atomic E-state index is 12.7. The fraction of sp³-hybridized carbons (Fsp3) is 0.522. The summed E-state index contributed by atoms with van der Waals surface area (Å²) in [6.45, 7) is 10.2. The van der Waals surface area contributed by atoms with Crippen molar-refractivity contribution in [2.45, 2.75) is 40.2 Å². The lowest BCUT2D eigenvalue weighted by atomic mass is 9.76. The van der Waals surface area contributed by atoms with Crippen LogP contribution in [0.3, 0.4) is 0 Å². The van der Waals surface area contributed by atoms with Crippen molar-refractivity contribution in [3.63, 3.8) is 0 Å². The predicted molar refractivity (Wildman–Crippen MR) is 115 cm³/mol. The first-order valence-electron chi connectivity index (χ1n) is 10.6. The Kier molecular flexibility index (Phi) is 5.40. The Balaban J connectivity index is 1.40. The van der Waals surface area contributed by atoms with Crippen LogP contribution >= 0.6 is 0 Å². The molecule has 0 bridgehead atoms. The van der Waals surface area contributed by atoms with Gasteiger partial charge in [-0.05, 0) is 31.0 Å². The number of piperazine rings is 1. The minimum absolute atomic E-state index is 0.0604.